The molecule has 2 amide bonds. The average Bonchev–Trinajstić information content (AvgIpc) is 3.10. The fourth-order valence-electron chi connectivity index (χ4n) is 4.21. The second-order valence-electron chi connectivity index (χ2n) is 8.14. The van der Waals surface area contributed by atoms with E-state index in [0.29, 0.717) is 29.1 Å². The van der Waals surface area contributed by atoms with Gasteiger partial charge in [0.05, 0.1) is 24.7 Å². The maximum Gasteiger partial charge on any atom is 0.320 e. The first-order valence-electron chi connectivity index (χ1n) is 10.6. The number of aryl methyl sites for hydroxylation is 2. The van der Waals surface area contributed by atoms with E-state index in [1.807, 2.05) is 18.7 Å². The summed E-state index contributed by atoms with van der Waals surface area (Å²) in [5.74, 6) is 0.212. The van der Waals surface area contributed by atoms with Crippen molar-refractivity contribution in [2.45, 2.75) is 52.5 Å². The minimum absolute atomic E-state index is 0.0772. The number of amides is 2. The van der Waals surface area contributed by atoms with Crippen LogP contribution in [0, 0.1) is 19.7 Å². The molecule has 0 fully saturated rings. The maximum atomic E-state index is 14.2. The van der Waals surface area contributed by atoms with Gasteiger partial charge in [-0.25, -0.2) is 13.9 Å². The zero-order valence-electron chi connectivity index (χ0n) is 19.4. The number of rotatable bonds is 7. The van der Waals surface area contributed by atoms with Gasteiger partial charge >= 0.3 is 6.03 Å². The SMILES string of the molecule is COC(CNC(=O)Nc1c2c(nn1-c1cc(C)c(F)c(C)c1)CC(C)N(CO)[C@H]2C)OC. The van der Waals surface area contributed by atoms with E-state index >= 15 is 0 Å². The fraction of sp³-hybridized carbons (Fsp3) is 0.545. The molecule has 0 bridgehead atoms. The number of carbonyl (C=O) groups excluding carboxylic acids is 1. The molecule has 10 heteroatoms. The number of aliphatic hydroxyl groups excluding tert-OH is 1. The molecule has 176 valence electrons. The number of nitrogens with one attached hydrogen (secondary N) is 2. The lowest BCUT2D eigenvalue weighted by Gasteiger charge is -2.37. The van der Waals surface area contributed by atoms with Crippen molar-refractivity contribution < 1.29 is 23.8 Å². The number of benzene rings is 1. The van der Waals surface area contributed by atoms with Crippen molar-refractivity contribution in [1.82, 2.24) is 20.0 Å². The van der Waals surface area contributed by atoms with E-state index in [2.05, 4.69) is 10.6 Å². The van der Waals surface area contributed by atoms with E-state index in [1.54, 1.807) is 30.7 Å². The first kappa shape index (κ1) is 24.1. The zero-order valence-corrected chi connectivity index (χ0v) is 19.4. The second kappa shape index (κ2) is 9.95. The topological polar surface area (TPSA) is 101 Å². The van der Waals surface area contributed by atoms with Crippen molar-refractivity contribution in [3.8, 4) is 5.69 Å². The van der Waals surface area contributed by atoms with Gasteiger partial charge in [0.15, 0.2) is 6.29 Å². The lowest BCUT2D eigenvalue weighted by atomic mass is 9.95. The van der Waals surface area contributed by atoms with E-state index in [0.717, 1.165) is 11.3 Å². The number of methoxy groups -OCH3 is 2. The summed E-state index contributed by atoms with van der Waals surface area (Å²) in [4.78, 5) is 14.7. The number of nitrogens with zero attached hydrogens (tertiary/aromatic N) is 3. The smallest absolute Gasteiger partial charge is 0.320 e. The molecule has 1 aliphatic rings. The molecule has 0 radical (unpaired) electrons. The van der Waals surface area contributed by atoms with Gasteiger partial charge < -0.3 is 19.9 Å². The van der Waals surface area contributed by atoms with Crippen LogP contribution in [0.3, 0.4) is 0 Å². The van der Waals surface area contributed by atoms with Crippen molar-refractivity contribution in [2.75, 3.05) is 32.8 Å². The van der Waals surface area contributed by atoms with Gasteiger partial charge in [0.1, 0.15) is 11.6 Å². The Morgan fingerprint density at radius 3 is 2.47 bits per heavy atom. The highest BCUT2D eigenvalue weighted by molar-refractivity contribution is 5.90. The number of ether oxygens (including phenoxy) is 2. The predicted molar refractivity (Wildman–Crippen MR) is 118 cm³/mol. The molecule has 2 aromatic rings. The van der Waals surface area contributed by atoms with Gasteiger partial charge in [0.2, 0.25) is 0 Å². The Labute approximate surface area is 187 Å². The highest BCUT2D eigenvalue weighted by Crippen LogP contribution is 2.38. The summed E-state index contributed by atoms with van der Waals surface area (Å²) in [5.41, 5.74) is 3.28. The second-order valence-corrected chi connectivity index (χ2v) is 8.14. The molecule has 32 heavy (non-hydrogen) atoms. The van der Waals surface area contributed by atoms with Crippen LogP contribution < -0.4 is 10.6 Å². The third-order valence-corrected chi connectivity index (χ3v) is 5.98. The van der Waals surface area contributed by atoms with Gasteiger partial charge in [-0.05, 0) is 51.0 Å². The summed E-state index contributed by atoms with van der Waals surface area (Å²) in [6, 6.07) is 2.84. The van der Waals surface area contributed by atoms with Crippen LogP contribution in [0.25, 0.3) is 5.69 Å². The lowest BCUT2D eigenvalue weighted by Crippen LogP contribution is -2.42. The van der Waals surface area contributed by atoms with Crippen molar-refractivity contribution in [1.29, 1.82) is 0 Å². The quantitative estimate of drug-likeness (QED) is 0.562. The first-order chi connectivity index (χ1) is 15.2. The monoisotopic (exact) mass is 449 g/mol. The van der Waals surface area contributed by atoms with Crippen molar-refractivity contribution >= 4 is 11.8 Å². The van der Waals surface area contributed by atoms with Crippen molar-refractivity contribution in [3.05, 3.63) is 40.3 Å². The molecule has 0 spiro atoms. The molecule has 0 saturated heterocycles. The molecular weight excluding hydrogens is 417 g/mol. The summed E-state index contributed by atoms with van der Waals surface area (Å²) >= 11 is 0. The highest BCUT2D eigenvalue weighted by Gasteiger charge is 2.35. The largest absolute Gasteiger partial charge is 0.381 e. The molecule has 1 aliphatic heterocycles. The van der Waals surface area contributed by atoms with E-state index in [1.165, 1.54) is 14.2 Å². The van der Waals surface area contributed by atoms with Crippen LogP contribution >= 0.6 is 0 Å². The molecule has 0 saturated carbocycles. The number of hydrogen-bond acceptors (Lipinski definition) is 6. The molecular formula is C22H32FN5O4. The van der Waals surface area contributed by atoms with Crippen LogP contribution in [0.2, 0.25) is 0 Å². The number of anilines is 1. The van der Waals surface area contributed by atoms with E-state index in [9.17, 15) is 14.3 Å². The Balaban J connectivity index is 2.04. The van der Waals surface area contributed by atoms with Crippen LogP contribution in [-0.2, 0) is 15.9 Å². The number of aliphatic hydroxyl groups is 1. The lowest BCUT2D eigenvalue weighted by molar-refractivity contribution is -0.0970. The molecule has 3 N–H and O–H groups in total. The Morgan fingerprint density at radius 1 is 1.28 bits per heavy atom. The maximum absolute atomic E-state index is 14.2. The number of hydrogen-bond donors (Lipinski definition) is 3. The Kier molecular flexibility index (Phi) is 7.50. The van der Waals surface area contributed by atoms with E-state index in [-0.39, 0.29) is 31.2 Å². The van der Waals surface area contributed by atoms with E-state index in [4.69, 9.17) is 14.6 Å². The number of halogens is 1. The normalized spacial score (nSPS) is 18.7. The van der Waals surface area contributed by atoms with E-state index < -0.39 is 12.3 Å². The number of aromatic nitrogens is 2. The van der Waals surface area contributed by atoms with Crippen LogP contribution in [0.1, 0.15) is 42.3 Å². The van der Waals surface area contributed by atoms with Crippen molar-refractivity contribution in [2.24, 2.45) is 0 Å². The highest BCUT2D eigenvalue weighted by atomic mass is 19.1. The predicted octanol–water partition coefficient (Wildman–Crippen LogP) is 2.63. The van der Waals surface area contributed by atoms with Crippen molar-refractivity contribution in [3.63, 3.8) is 0 Å². The van der Waals surface area contributed by atoms with Gasteiger partial charge in [-0.3, -0.25) is 10.2 Å². The Morgan fingerprint density at radius 2 is 1.91 bits per heavy atom. The van der Waals surface area contributed by atoms with Gasteiger partial charge in [-0.1, -0.05) is 0 Å². The Bertz CT molecular complexity index is 952. The number of carbonyl (C=O) groups is 1. The van der Waals surface area contributed by atoms with Crippen LogP contribution in [0.15, 0.2) is 12.1 Å². The molecule has 0 aliphatic carbocycles. The summed E-state index contributed by atoms with van der Waals surface area (Å²) < 4.78 is 26.1. The molecule has 2 heterocycles. The van der Waals surface area contributed by atoms with Gasteiger partial charge in [0.25, 0.3) is 0 Å². The molecule has 3 rings (SSSR count). The number of fused-ring (bicyclic) bond motifs is 1. The van der Waals surface area contributed by atoms with Crippen LogP contribution in [-0.4, -0.2) is 65.6 Å². The zero-order chi connectivity index (χ0) is 23.6. The fourth-order valence-corrected chi connectivity index (χ4v) is 4.21. The van der Waals surface area contributed by atoms with Gasteiger partial charge in [-0.15, -0.1) is 0 Å². The molecule has 2 atom stereocenters. The minimum Gasteiger partial charge on any atom is -0.381 e. The summed E-state index contributed by atoms with van der Waals surface area (Å²) in [5, 5.41) is 20.3. The number of urea groups is 1. The average molecular weight is 450 g/mol. The van der Waals surface area contributed by atoms with Gasteiger partial charge in [-0.2, -0.15) is 5.10 Å². The molecule has 1 aromatic heterocycles. The standard InChI is InChI=1S/C22H32FN5O4/c1-12-7-16(8-13(2)20(12)23)28-21(25-22(30)24-10-18(31-5)32-6)19-15(4)27(11-29)14(3)9-17(19)26-28/h7-8,14-15,18,29H,9-11H2,1-6H3,(H2,24,25,30)/t14?,15-/m0/s1. The van der Waals surface area contributed by atoms with Gasteiger partial charge in [0, 0.05) is 38.3 Å². The van der Waals surface area contributed by atoms with Crippen LogP contribution in [0.4, 0.5) is 15.0 Å². The molecule has 9 nitrogen and oxygen atoms in total. The Hall–Kier alpha value is -2.53. The third kappa shape index (κ3) is 4.63. The molecule has 1 aromatic carbocycles. The third-order valence-electron chi connectivity index (χ3n) is 5.98. The minimum atomic E-state index is -0.577. The molecule has 1 unspecified atom stereocenters. The summed E-state index contributed by atoms with van der Waals surface area (Å²) in [6.07, 6.45) is 0.0320. The summed E-state index contributed by atoms with van der Waals surface area (Å²) in [7, 11) is 2.98. The summed E-state index contributed by atoms with van der Waals surface area (Å²) in [6.45, 7) is 7.42. The first-order valence-corrected chi connectivity index (χ1v) is 10.6. The van der Waals surface area contributed by atoms with Crippen LogP contribution in [0.5, 0.6) is 0 Å².